The van der Waals surface area contributed by atoms with E-state index in [0.29, 0.717) is 0 Å². The summed E-state index contributed by atoms with van der Waals surface area (Å²) in [5, 5.41) is 3.44. The molecule has 0 fully saturated rings. The van der Waals surface area contributed by atoms with E-state index >= 15 is 0 Å². The van der Waals surface area contributed by atoms with Gasteiger partial charge in [-0.2, -0.15) is 0 Å². The third-order valence-electron chi connectivity index (χ3n) is 2.68. The Kier molecular flexibility index (Phi) is 3.83. The molecule has 88 valence electrons. The lowest BCUT2D eigenvalue weighted by Crippen LogP contribution is -2.19. The molecule has 0 aliphatic rings. The fraction of sp³-hybridized carbons (Fsp3) is 0.286. The highest BCUT2D eigenvalue weighted by Gasteiger charge is 2.05. The number of rotatable bonds is 4. The Labute approximate surface area is 102 Å². The second-order valence-corrected chi connectivity index (χ2v) is 4.23. The number of aryl methyl sites for hydroxylation is 1. The first-order valence-electron chi connectivity index (χ1n) is 5.80. The van der Waals surface area contributed by atoms with Crippen molar-refractivity contribution in [2.45, 2.75) is 26.4 Å². The molecule has 3 nitrogen and oxygen atoms in total. The summed E-state index contributed by atoms with van der Waals surface area (Å²) >= 11 is 0. The summed E-state index contributed by atoms with van der Waals surface area (Å²) in [5.41, 5.74) is 3.45. The average Bonchev–Trinajstić information content (AvgIpc) is 2.37. The van der Waals surface area contributed by atoms with Crippen molar-refractivity contribution >= 4 is 0 Å². The molecule has 0 radical (unpaired) electrons. The topological polar surface area (TPSA) is 37.8 Å². The molecule has 2 rings (SSSR count). The smallest absolute Gasteiger partial charge is 0.0570 e. The number of aromatic nitrogens is 2. The van der Waals surface area contributed by atoms with Crippen LogP contribution in [0.4, 0.5) is 0 Å². The lowest BCUT2D eigenvalue weighted by Gasteiger charge is -2.13. The number of nitrogens with zero attached hydrogens (tertiary/aromatic N) is 2. The van der Waals surface area contributed by atoms with Crippen molar-refractivity contribution in [3.63, 3.8) is 0 Å². The average molecular weight is 227 g/mol. The van der Waals surface area contributed by atoms with Crippen molar-refractivity contribution in [3.05, 3.63) is 59.7 Å². The van der Waals surface area contributed by atoms with Gasteiger partial charge in [0.25, 0.3) is 0 Å². The fourth-order valence-corrected chi connectivity index (χ4v) is 1.72. The van der Waals surface area contributed by atoms with Crippen LogP contribution >= 0.6 is 0 Å². The number of pyridine rings is 2. The lowest BCUT2D eigenvalue weighted by atomic mass is 10.2. The van der Waals surface area contributed by atoms with Gasteiger partial charge >= 0.3 is 0 Å². The molecule has 2 aromatic heterocycles. The van der Waals surface area contributed by atoms with Gasteiger partial charge in [-0.1, -0.05) is 12.1 Å². The number of hydrogen-bond donors (Lipinski definition) is 1. The van der Waals surface area contributed by atoms with Crippen molar-refractivity contribution in [1.82, 2.24) is 15.3 Å². The molecule has 2 aromatic rings. The third kappa shape index (κ3) is 3.36. The van der Waals surface area contributed by atoms with E-state index in [9.17, 15) is 0 Å². The predicted octanol–water partition coefficient (Wildman–Crippen LogP) is 2.64. The lowest BCUT2D eigenvalue weighted by molar-refractivity contribution is 0.560. The van der Waals surface area contributed by atoms with E-state index in [1.807, 2.05) is 36.8 Å². The number of nitrogens with one attached hydrogen (secondary N) is 1. The molecule has 0 spiro atoms. The molecule has 3 heteroatoms. The van der Waals surface area contributed by atoms with Crippen molar-refractivity contribution in [2.24, 2.45) is 0 Å². The van der Waals surface area contributed by atoms with Crippen molar-refractivity contribution in [2.75, 3.05) is 0 Å². The molecule has 0 unspecified atom stereocenters. The maximum absolute atomic E-state index is 4.33. The van der Waals surface area contributed by atoms with Crippen molar-refractivity contribution in [1.29, 1.82) is 0 Å². The van der Waals surface area contributed by atoms with Crippen LogP contribution in [-0.4, -0.2) is 9.97 Å². The van der Waals surface area contributed by atoms with Gasteiger partial charge in [0.2, 0.25) is 0 Å². The standard InChI is InChI=1S/C14H17N3/c1-11-7-13(9-15-8-11)10-17-12(2)14-5-3-4-6-16-14/h3-9,12,17H,10H2,1-2H3/t12-/m1/s1. The molecule has 0 aliphatic heterocycles. The second-order valence-electron chi connectivity index (χ2n) is 4.23. The van der Waals surface area contributed by atoms with E-state index in [2.05, 4.69) is 35.2 Å². The van der Waals surface area contributed by atoms with Gasteiger partial charge in [0.15, 0.2) is 0 Å². The predicted molar refractivity (Wildman–Crippen MR) is 68.5 cm³/mol. The van der Waals surface area contributed by atoms with Crippen LogP contribution < -0.4 is 5.32 Å². The Hall–Kier alpha value is -1.74. The van der Waals surface area contributed by atoms with Crippen LogP contribution in [0.3, 0.4) is 0 Å². The summed E-state index contributed by atoms with van der Waals surface area (Å²) in [6.07, 6.45) is 5.58. The third-order valence-corrected chi connectivity index (χ3v) is 2.68. The van der Waals surface area contributed by atoms with E-state index in [-0.39, 0.29) is 6.04 Å². The fourth-order valence-electron chi connectivity index (χ4n) is 1.72. The summed E-state index contributed by atoms with van der Waals surface area (Å²) in [6.45, 7) is 4.98. The highest BCUT2D eigenvalue weighted by molar-refractivity contribution is 5.17. The molecular weight excluding hydrogens is 210 g/mol. The summed E-state index contributed by atoms with van der Waals surface area (Å²) in [4.78, 5) is 8.51. The Morgan fingerprint density at radius 1 is 1.29 bits per heavy atom. The van der Waals surface area contributed by atoms with Gasteiger partial charge in [0.1, 0.15) is 0 Å². The van der Waals surface area contributed by atoms with Gasteiger partial charge in [-0.25, -0.2) is 0 Å². The van der Waals surface area contributed by atoms with Gasteiger partial charge in [0.05, 0.1) is 5.69 Å². The first-order chi connectivity index (χ1) is 8.25. The van der Waals surface area contributed by atoms with Gasteiger partial charge in [-0.3, -0.25) is 9.97 Å². The molecule has 1 atom stereocenters. The molecule has 0 aliphatic carbocycles. The zero-order valence-corrected chi connectivity index (χ0v) is 10.2. The zero-order chi connectivity index (χ0) is 12.1. The molecule has 0 saturated heterocycles. The maximum atomic E-state index is 4.33. The molecule has 0 saturated carbocycles. The Bertz CT molecular complexity index is 468. The summed E-state index contributed by atoms with van der Waals surface area (Å²) in [5.74, 6) is 0. The molecular formula is C14H17N3. The SMILES string of the molecule is Cc1cncc(CN[C@H](C)c2ccccn2)c1. The van der Waals surface area contributed by atoms with E-state index in [4.69, 9.17) is 0 Å². The Morgan fingerprint density at radius 2 is 2.18 bits per heavy atom. The molecule has 0 bridgehead atoms. The van der Waals surface area contributed by atoms with Gasteiger partial charge in [-0.15, -0.1) is 0 Å². The molecule has 0 aromatic carbocycles. The Morgan fingerprint density at radius 3 is 2.88 bits per heavy atom. The molecule has 0 amide bonds. The van der Waals surface area contributed by atoms with E-state index in [1.165, 1.54) is 11.1 Å². The van der Waals surface area contributed by atoms with E-state index in [0.717, 1.165) is 12.2 Å². The monoisotopic (exact) mass is 227 g/mol. The summed E-state index contributed by atoms with van der Waals surface area (Å²) in [7, 11) is 0. The minimum absolute atomic E-state index is 0.247. The van der Waals surface area contributed by atoms with Crippen molar-refractivity contribution < 1.29 is 0 Å². The van der Waals surface area contributed by atoms with Crippen LogP contribution in [0, 0.1) is 6.92 Å². The second kappa shape index (κ2) is 5.55. The molecule has 17 heavy (non-hydrogen) atoms. The van der Waals surface area contributed by atoms with Crippen LogP contribution in [0.2, 0.25) is 0 Å². The van der Waals surface area contributed by atoms with Gasteiger partial charge in [0, 0.05) is 31.2 Å². The van der Waals surface area contributed by atoms with Crippen LogP contribution in [0.5, 0.6) is 0 Å². The quantitative estimate of drug-likeness (QED) is 0.872. The minimum Gasteiger partial charge on any atom is -0.305 e. The van der Waals surface area contributed by atoms with E-state index < -0.39 is 0 Å². The van der Waals surface area contributed by atoms with Crippen LogP contribution in [0.15, 0.2) is 42.9 Å². The normalized spacial score (nSPS) is 12.4. The first kappa shape index (κ1) is 11.7. The zero-order valence-electron chi connectivity index (χ0n) is 10.2. The highest BCUT2D eigenvalue weighted by Crippen LogP contribution is 2.09. The van der Waals surface area contributed by atoms with E-state index in [1.54, 1.807) is 0 Å². The summed E-state index contributed by atoms with van der Waals surface area (Å²) in [6, 6.07) is 8.36. The first-order valence-corrected chi connectivity index (χ1v) is 5.80. The molecule has 2 heterocycles. The Balaban J connectivity index is 1.95. The van der Waals surface area contributed by atoms with Gasteiger partial charge < -0.3 is 5.32 Å². The number of hydrogen-bond acceptors (Lipinski definition) is 3. The summed E-state index contributed by atoms with van der Waals surface area (Å²) < 4.78 is 0. The molecule has 1 N–H and O–H groups in total. The minimum atomic E-state index is 0.247. The van der Waals surface area contributed by atoms with Crippen LogP contribution in [-0.2, 0) is 6.54 Å². The van der Waals surface area contributed by atoms with Crippen LogP contribution in [0.1, 0.15) is 29.8 Å². The highest BCUT2D eigenvalue weighted by atomic mass is 14.9. The van der Waals surface area contributed by atoms with Crippen molar-refractivity contribution in [3.8, 4) is 0 Å². The van der Waals surface area contributed by atoms with Crippen LogP contribution in [0.25, 0.3) is 0 Å². The van der Waals surface area contributed by atoms with Gasteiger partial charge in [-0.05, 0) is 37.1 Å². The maximum Gasteiger partial charge on any atom is 0.0570 e. The largest absolute Gasteiger partial charge is 0.305 e.